The third-order valence-electron chi connectivity index (χ3n) is 2.73. The van der Waals surface area contributed by atoms with Crippen LogP contribution >= 0.6 is 11.8 Å². The summed E-state index contributed by atoms with van der Waals surface area (Å²) < 4.78 is 20.4. The van der Waals surface area contributed by atoms with Gasteiger partial charge in [0.05, 0.1) is 18.6 Å². The zero-order valence-corrected chi connectivity index (χ0v) is 12.4. The summed E-state index contributed by atoms with van der Waals surface area (Å²) in [6, 6.07) is 4.50. The van der Waals surface area contributed by atoms with Crippen molar-refractivity contribution in [1.29, 1.82) is 0 Å². The predicted molar refractivity (Wildman–Crippen MR) is 75.6 cm³/mol. The highest BCUT2D eigenvalue weighted by Crippen LogP contribution is 2.25. The number of aliphatic carboxylic acids is 1. The number of ether oxygens (including phenoxy) is 1. The molecule has 0 unspecified atom stereocenters. The maximum absolute atomic E-state index is 13.8. The van der Waals surface area contributed by atoms with Crippen LogP contribution in [0.2, 0.25) is 0 Å². The highest BCUT2D eigenvalue weighted by molar-refractivity contribution is 7.99. The standard InChI is InChI=1S/C13H14FN3O3S/c1-3-11-15-16-13(21-7-12(18)19)17(11)8-4-5-10(20-2)9(14)6-8/h4-6H,3,7H2,1-2H3,(H,18,19). The van der Waals surface area contributed by atoms with Crippen LogP contribution in [0.15, 0.2) is 23.4 Å². The Bertz CT molecular complexity index is 660. The smallest absolute Gasteiger partial charge is 0.313 e. The molecule has 0 saturated heterocycles. The van der Waals surface area contributed by atoms with Crippen LogP contribution in [0.5, 0.6) is 5.75 Å². The molecule has 0 aliphatic heterocycles. The molecule has 8 heteroatoms. The molecule has 0 amide bonds. The average Bonchev–Trinajstić information content (AvgIpc) is 2.87. The van der Waals surface area contributed by atoms with E-state index >= 15 is 0 Å². The molecule has 2 aromatic rings. The fourth-order valence-corrected chi connectivity index (χ4v) is 2.49. The number of carbonyl (C=O) groups is 1. The molecule has 112 valence electrons. The Labute approximate surface area is 124 Å². The van der Waals surface area contributed by atoms with Crippen LogP contribution in [0.3, 0.4) is 0 Å². The second kappa shape index (κ2) is 6.57. The van der Waals surface area contributed by atoms with Gasteiger partial charge in [-0.3, -0.25) is 9.36 Å². The Hall–Kier alpha value is -2.09. The molecule has 1 aromatic carbocycles. The highest BCUT2D eigenvalue weighted by atomic mass is 32.2. The summed E-state index contributed by atoms with van der Waals surface area (Å²) in [6.07, 6.45) is 0.592. The van der Waals surface area contributed by atoms with Crippen molar-refractivity contribution in [3.63, 3.8) is 0 Å². The first kappa shape index (κ1) is 15.3. The molecule has 0 aliphatic carbocycles. The number of carboxylic acids is 1. The van der Waals surface area contributed by atoms with Crippen LogP contribution in [0, 0.1) is 5.82 Å². The van der Waals surface area contributed by atoms with Crippen molar-refractivity contribution >= 4 is 17.7 Å². The van der Waals surface area contributed by atoms with Gasteiger partial charge in [0.15, 0.2) is 16.7 Å². The van der Waals surface area contributed by atoms with E-state index in [1.165, 1.54) is 19.2 Å². The van der Waals surface area contributed by atoms with Crippen molar-refractivity contribution in [1.82, 2.24) is 14.8 Å². The summed E-state index contributed by atoms with van der Waals surface area (Å²) in [4.78, 5) is 10.7. The van der Waals surface area contributed by atoms with Crippen molar-refractivity contribution in [2.24, 2.45) is 0 Å². The molecular weight excluding hydrogens is 297 g/mol. The first-order chi connectivity index (χ1) is 10.1. The van der Waals surface area contributed by atoms with E-state index in [2.05, 4.69) is 10.2 Å². The molecule has 0 saturated carbocycles. The molecule has 0 aliphatic rings. The summed E-state index contributed by atoms with van der Waals surface area (Å²) in [5.41, 5.74) is 0.531. The molecule has 0 radical (unpaired) electrons. The van der Waals surface area contributed by atoms with Crippen molar-refractivity contribution in [2.75, 3.05) is 12.9 Å². The van der Waals surface area contributed by atoms with E-state index in [0.29, 0.717) is 23.1 Å². The molecule has 1 N–H and O–H groups in total. The normalized spacial score (nSPS) is 10.6. The van der Waals surface area contributed by atoms with Crippen LogP contribution < -0.4 is 4.74 Å². The molecule has 0 spiro atoms. The topological polar surface area (TPSA) is 77.2 Å². The molecule has 21 heavy (non-hydrogen) atoms. The number of rotatable bonds is 6. The summed E-state index contributed by atoms with van der Waals surface area (Å²) in [5.74, 6) is -0.814. The highest BCUT2D eigenvalue weighted by Gasteiger charge is 2.16. The average molecular weight is 311 g/mol. The summed E-state index contributed by atoms with van der Waals surface area (Å²) in [7, 11) is 1.39. The van der Waals surface area contributed by atoms with Gasteiger partial charge in [-0.1, -0.05) is 18.7 Å². The predicted octanol–water partition coefficient (Wildman–Crippen LogP) is 2.15. The third kappa shape index (κ3) is 3.33. The number of hydrogen-bond acceptors (Lipinski definition) is 5. The minimum absolute atomic E-state index is 0.138. The molecule has 2 rings (SSSR count). The Morgan fingerprint density at radius 2 is 2.24 bits per heavy atom. The van der Waals surface area contributed by atoms with Gasteiger partial charge < -0.3 is 9.84 Å². The Morgan fingerprint density at radius 1 is 1.48 bits per heavy atom. The van der Waals surface area contributed by atoms with Crippen LogP contribution in [0.1, 0.15) is 12.7 Å². The number of aryl methyl sites for hydroxylation is 1. The number of methoxy groups -OCH3 is 1. The number of thioether (sulfide) groups is 1. The van der Waals surface area contributed by atoms with Gasteiger partial charge in [0.1, 0.15) is 5.82 Å². The van der Waals surface area contributed by atoms with E-state index in [1.807, 2.05) is 6.92 Å². The van der Waals surface area contributed by atoms with Gasteiger partial charge in [-0.15, -0.1) is 10.2 Å². The van der Waals surface area contributed by atoms with Crippen LogP contribution in [-0.2, 0) is 11.2 Å². The lowest BCUT2D eigenvalue weighted by atomic mass is 10.2. The van der Waals surface area contributed by atoms with E-state index in [4.69, 9.17) is 9.84 Å². The second-order valence-corrected chi connectivity index (χ2v) is 5.03. The quantitative estimate of drug-likeness (QED) is 0.824. The van der Waals surface area contributed by atoms with Gasteiger partial charge in [0, 0.05) is 12.5 Å². The monoisotopic (exact) mass is 311 g/mol. The number of benzene rings is 1. The number of aromatic nitrogens is 3. The maximum Gasteiger partial charge on any atom is 0.313 e. The minimum Gasteiger partial charge on any atom is -0.494 e. The van der Waals surface area contributed by atoms with Crippen molar-refractivity contribution in [3.8, 4) is 11.4 Å². The van der Waals surface area contributed by atoms with Crippen LogP contribution in [0.4, 0.5) is 4.39 Å². The molecule has 6 nitrogen and oxygen atoms in total. The number of halogens is 1. The van der Waals surface area contributed by atoms with Crippen molar-refractivity contribution < 1.29 is 19.0 Å². The maximum atomic E-state index is 13.8. The number of nitrogens with zero attached hydrogens (tertiary/aromatic N) is 3. The molecule has 1 aromatic heterocycles. The van der Waals surface area contributed by atoms with E-state index in [9.17, 15) is 9.18 Å². The van der Waals surface area contributed by atoms with Crippen molar-refractivity contribution in [3.05, 3.63) is 29.8 Å². The second-order valence-electron chi connectivity index (χ2n) is 4.09. The minimum atomic E-state index is -0.950. The van der Waals surface area contributed by atoms with E-state index in [-0.39, 0.29) is 11.5 Å². The Kier molecular flexibility index (Phi) is 4.79. The van der Waals surface area contributed by atoms with Gasteiger partial charge in [-0.25, -0.2) is 4.39 Å². The van der Waals surface area contributed by atoms with Gasteiger partial charge in [0.25, 0.3) is 0 Å². The van der Waals surface area contributed by atoms with E-state index in [0.717, 1.165) is 11.8 Å². The van der Waals surface area contributed by atoms with E-state index < -0.39 is 11.8 Å². The molecular formula is C13H14FN3O3S. The van der Waals surface area contributed by atoms with Crippen LogP contribution in [-0.4, -0.2) is 38.7 Å². The van der Waals surface area contributed by atoms with Gasteiger partial charge in [-0.05, 0) is 12.1 Å². The van der Waals surface area contributed by atoms with Crippen molar-refractivity contribution in [2.45, 2.75) is 18.5 Å². The summed E-state index contributed by atoms with van der Waals surface area (Å²) in [5, 5.41) is 17.1. The Balaban J connectivity index is 2.43. The lowest BCUT2D eigenvalue weighted by molar-refractivity contribution is -0.133. The summed E-state index contributed by atoms with van der Waals surface area (Å²) in [6.45, 7) is 1.89. The first-order valence-electron chi connectivity index (χ1n) is 6.19. The number of carboxylic acid groups (broad SMARTS) is 1. The fourth-order valence-electron chi connectivity index (χ4n) is 1.80. The first-order valence-corrected chi connectivity index (χ1v) is 7.18. The lowest BCUT2D eigenvalue weighted by Gasteiger charge is -2.10. The van der Waals surface area contributed by atoms with Crippen LogP contribution in [0.25, 0.3) is 5.69 Å². The molecule has 1 heterocycles. The van der Waals surface area contributed by atoms with Gasteiger partial charge in [0.2, 0.25) is 0 Å². The zero-order valence-electron chi connectivity index (χ0n) is 11.5. The molecule has 0 fully saturated rings. The fraction of sp³-hybridized carbons (Fsp3) is 0.308. The zero-order chi connectivity index (χ0) is 15.4. The SMILES string of the molecule is CCc1nnc(SCC(=O)O)n1-c1ccc(OC)c(F)c1. The third-order valence-corrected chi connectivity index (χ3v) is 3.65. The largest absolute Gasteiger partial charge is 0.494 e. The lowest BCUT2D eigenvalue weighted by Crippen LogP contribution is -2.05. The van der Waals surface area contributed by atoms with Gasteiger partial charge >= 0.3 is 5.97 Å². The summed E-state index contributed by atoms with van der Waals surface area (Å²) >= 11 is 1.04. The van der Waals surface area contributed by atoms with Gasteiger partial charge in [-0.2, -0.15) is 0 Å². The van der Waals surface area contributed by atoms with E-state index in [1.54, 1.807) is 10.6 Å². The number of hydrogen-bond donors (Lipinski definition) is 1. The molecule has 0 bridgehead atoms. The molecule has 0 atom stereocenters. The Morgan fingerprint density at radius 3 is 2.81 bits per heavy atom.